The van der Waals surface area contributed by atoms with Gasteiger partial charge in [0.2, 0.25) is 11.8 Å². The highest BCUT2D eigenvalue weighted by atomic mass is 16.4. The van der Waals surface area contributed by atoms with E-state index < -0.39 is 0 Å². The van der Waals surface area contributed by atoms with E-state index in [9.17, 15) is 9.59 Å². The van der Waals surface area contributed by atoms with Gasteiger partial charge in [-0.25, -0.2) is 0 Å². The maximum Gasteiger partial charge on any atom is 0.245 e. The molecule has 29 heavy (non-hydrogen) atoms. The highest BCUT2D eigenvalue weighted by Crippen LogP contribution is 2.30. The molecule has 1 aromatic carbocycles. The van der Waals surface area contributed by atoms with E-state index in [2.05, 4.69) is 29.4 Å². The molecule has 2 heterocycles. The fourth-order valence-corrected chi connectivity index (χ4v) is 5.35. The lowest BCUT2D eigenvalue weighted by atomic mass is 9.98. The average molecular weight is 398 g/mol. The van der Waals surface area contributed by atoms with E-state index in [1.165, 1.54) is 17.3 Å². The van der Waals surface area contributed by atoms with Crippen molar-refractivity contribution >= 4 is 18.0 Å². The molecule has 0 aromatic heterocycles. The summed E-state index contributed by atoms with van der Waals surface area (Å²) in [5, 5.41) is 12.0. The van der Waals surface area contributed by atoms with E-state index in [0.717, 1.165) is 51.4 Å². The van der Waals surface area contributed by atoms with Crippen LogP contribution >= 0.6 is 0 Å². The quantitative estimate of drug-likeness (QED) is 0.456. The molecule has 6 heteroatoms. The summed E-state index contributed by atoms with van der Waals surface area (Å²) in [5.41, 5.74) is 2.92. The highest BCUT2D eigenvalue weighted by molar-refractivity contribution is 5.90. The van der Waals surface area contributed by atoms with Gasteiger partial charge in [0, 0.05) is 19.5 Å². The second-order valence-corrected chi connectivity index (χ2v) is 8.69. The Morgan fingerprint density at radius 3 is 2.48 bits per heavy atom. The molecule has 0 saturated carbocycles. The van der Waals surface area contributed by atoms with Crippen LogP contribution in [0.2, 0.25) is 0 Å². The number of amides is 2. The van der Waals surface area contributed by atoms with Gasteiger partial charge < -0.3 is 15.0 Å². The fourth-order valence-electron chi connectivity index (χ4n) is 5.35. The van der Waals surface area contributed by atoms with Crippen LogP contribution < -0.4 is 0 Å². The lowest BCUT2D eigenvalue weighted by molar-refractivity contribution is -0.143. The highest BCUT2D eigenvalue weighted by Gasteiger charge is 2.39. The van der Waals surface area contributed by atoms with E-state index in [1.807, 2.05) is 0 Å². The first-order valence-corrected chi connectivity index (χ1v) is 11.0. The Morgan fingerprint density at radius 2 is 1.76 bits per heavy atom. The van der Waals surface area contributed by atoms with Gasteiger partial charge in [-0.05, 0) is 68.4 Å². The molecular weight excluding hydrogens is 366 g/mol. The van der Waals surface area contributed by atoms with Gasteiger partial charge in [-0.2, -0.15) is 0 Å². The number of hydrogen-bond acceptors (Lipinski definition) is 4. The van der Waals surface area contributed by atoms with Crippen LogP contribution in [-0.4, -0.2) is 58.2 Å². The standard InChI is InChI=1S/C23H31N3O3/c27-22(11-3-6-17-14-18-7-1-2-8-19(18)15-17)26-13-5-10-21(26)23(28)25-12-4-9-20(25)16-24-29/h1-2,7-8,16-17,20-21,29H,3-6,9-15H2/t20-,21+/m0/s1. The van der Waals surface area contributed by atoms with Gasteiger partial charge in [0.05, 0.1) is 12.3 Å². The molecule has 6 nitrogen and oxygen atoms in total. The number of carbonyl (C=O) groups excluding carboxylic acids is 2. The van der Waals surface area contributed by atoms with Crippen molar-refractivity contribution in [3.8, 4) is 0 Å². The minimum absolute atomic E-state index is 0.0180. The van der Waals surface area contributed by atoms with Gasteiger partial charge in [-0.3, -0.25) is 9.59 Å². The number of nitrogens with zero attached hydrogens (tertiary/aromatic N) is 3. The molecule has 2 amide bonds. The molecule has 0 bridgehead atoms. The van der Waals surface area contributed by atoms with E-state index in [4.69, 9.17) is 5.21 Å². The molecular formula is C23H31N3O3. The molecule has 1 aliphatic carbocycles. The summed E-state index contributed by atoms with van der Waals surface area (Å²) < 4.78 is 0. The zero-order chi connectivity index (χ0) is 20.2. The predicted octanol–water partition coefficient (Wildman–Crippen LogP) is 3.01. The maximum atomic E-state index is 13.0. The summed E-state index contributed by atoms with van der Waals surface area (Å²) in [6.45, 7) is 1.35. The molecule has 3 aliphatic rings. The molecule has 1 N–H and O–H groups in total. The molecule has 2 fully saturated rings. The first-order valence-electron chi connectivity index (χ1n) is 11.0. The molecule has 2 atom stereocenters. The maximum absolute atomic E-state index is 13.0. The Bertz CT molecular complexity index is 753. The lowest BCUT2D eigenvalue weighted by Crippen LogP contribution is -2.49. The number of benzene rings is 1. The molecule has 2 saturated heterocycles. The van der Waals surface area contributed by atoms with Crippen LogP contribution in [0, 0.1) is 5.92 Å². The van der Waals surface area contributed by atoms with Crippen LogP contribution in [-0.2, 0) is 22.4 Å². The van der Waals surface area contributed by atoms with Crippen LogP contribution in [0.5, 0.6) is 0 Å². The third-order valence-corrected chi connectivity index (χ3v) is 6.82. The van der Waals surface area contributed by atoms with Crippen molar-refractivity contribution in [1.29, 1.82) is 0 Å². The molecule has 156 valence electrons. The molecule has 0 unspecified atom stereocenters. The Hall–Kier alpha value is -2.37. The third-order valence-electron chi connectivity index (χ3n) is 6.82. The van der Waals surface area contributed by atoms with Crippen LogP contribution in [0.1, 0.15) is 56.1 Å². The van der Waals surface area contributed by atoms with E-state index >= 15 is 0 Å². The first-order chi connectivity index (χ1) is 14.2. The number of oxime groups is 1. The first kappa shape index (κ1) is 19.9. The third kappa shape index (κ3) is 4.31. The minimum Gasteiger partial charge on any atom is -0.411 e. The van der Waals surface area contributed by atoms with Crippen LogP contribution in [0.15, 0.2) is 29.4 Å². The number of fused-ring (bicyclic) bond motifs is 1. The molecule has 4 rings (SSSR count). The largest absolute Gasteiger partial charge is 0.411 e. The Kier molecular flexibility index (Phi) is 6.16. The second-order valence-electron chi connectivity index (χ2n) is 8.69. The van der Waals surface area contributed by atoms with Gasteiger partial charge in [0.15, 0.2) is 0 Å². The van der Waals surface area contributed by atoms with Crippen molar-refractivity contribution in [2.45, 2.75) is 69.9 Å². The topological polar surface area (TPSA) is 73.2 Å². The fraction of sp³-hybridized carbons (Fsp3) is 0.609. The second kappa shape index (κ2) is 8.97. The van der Waals surface area contributed by atoms with Crippen molar-refractivity contribution in [1.82, 2.24) is 9.80 Å². The monoisotopic (exact) mass is 397 g/mol. The van der Waals surface area contributed by atoms with Gasteiger partial charge >= 0.3 is 0 Å². The van der Waals surface area contributed by atoms with Crippen molar-refractivity contribution in [2.24, 2.45) is 11.1 Å². The summed E-state index contributed by atoms with van der Waals surface area (Å²) >= 11 is 0. The predicted molar refractivity (Wildman–Crippen MR) is 111 cm³/mol. The summed E-state index contributed by atoms with van der Waals surface area (Å²) in [5.74, 6) is 0.770. The normalized spacial score (nSPS) is 24.6. The minimum atomic E-state index is -0.342. The number of carbonyl (C=O) groups is 2. The Morgan fingerprint density at radius 1 is 1.07 bits per heavy atom. The van der Waals surface area contributed by atoms with E-state index in [0.29, 0.717) is 25.4 Å². The van der Waals surface area contributed by atoms with Gasteiger partial charge in [-0.15, -0.1) is 0 Å². The van der Waals surface area contributed by atoms with Crippen LogP contribution in [0.3, 0.4) is 0 Å². The summed E-state index contributed by atoms with van der Waals surface area (Å²) in [7, 11) is 0. The summed E-state index contributed by atoms with van der Waals surface area (Å²) in [6, 6.07) is 8.15. The van der Waals surface area contributed by atoms with Crippen molar-refractivity contribution in [3.05, 3.63) is 35.4 Å². The van der Waals surface area contributed by atoms with Gasteiger partial charge in [0.25, 0.3) is 0 Å². The van der Waals surface area contributed by atoms with Crippen molar-refractivity contribution < 1.29 is 14.8 Å². The molecule has 2 aliphatic heterocycles. The lowest BCUT2D eigenvalue weighted by Gasteiger charge is -2.30. The van der Waals surface area contributed by atoms with Crippen molar-refractivity contribution in [2.75, 3.05) is 13.1 Å². The Labute approximate surface area is 172 Å². The summed E-state index contributed by atoms with van der Waals surface area (Å²) in [6.07, 6.45) is 9.51. The van der Waals surface area contributed by atoms with Crippen LogP contribution in [0.4, 0.5) is 0 Å². The van der Waals surface area contributed by atoms with E-state index in [1.54, 1.807) is 9.80 Å². The smallest absolute Gasteiger partial charge is 0.245 e. The van der Waals surface area contributed by atoms with Gasteiger partial charge in [0.1, 0.15) is 6.04 Å². The Balaban J connectivity index is 1.27. The zero-order valence-electron chi connectivity index (χ0n) is 17.0. The van der Waals surface area contributed by atoms with Gasteiger partial charge in [-0.1, -0.05) is 29.4 Å². The molecule has 1 aromatic rings. The SMILES string of the molecule is O=C([C@H]1CCCN1C(=O)CCCC1Cc2ccccc2C1)N1CCC[C@H]1C=NO. The van der Waals surface area contributed by atoms with Crippen molar-refractivity contribution in [3.63, 3.8) is 0 Å². The average Bonchev–Trinajstić information content (AvgIpc) is 3.46. The number of likely N-dealkylation sites (tertiary alicyclic amines) is 2. The summed E-state index contributed by atoms with van der Waals surface area (Å²) in [4.78, 5) is 29.5. The molecule has 0 radical (unpaired) electrons. The van der Waals surface area contributed by atoms with Crippen LogP contribution in [0.25, 0.3) is 0 Å². The molecule has 0 spiro atoms. The number of hydrogen-bond donors (Lipinski definition) is 1. The van der Waals surface area contributed by atoms with E-state index in [-0.39, 0.29) is 23.9 Å². The zero-order valence-corrected chi connectivity index (χ0v) is 17.0. The number of rotatable bonds is 6.